The molecular formula is C12H19NO3. The molecule has 0 aliphatic rings. The van der Waals surface area contributed by atoms with E-state index in [1.54, 1.807) is 20.3 Å². The van der Waals surface area contributed by atoms with Gasteiger partial charge in [0.2, 0.25) is 0 Å². The first kappa shape index (κ1) is 12.8. The minimum atomic E-state index is 0.263. The normalized spacial score (nSPS) is 10.4. The van der Waals surface area contributed by atoms with Crippen molar-refractivity contribution in [2.75, 3.05) is 27.4 Å². The molecule has 0 radical (unpaired) electrons. The zero-order chi connectivity index (χ0) is 11.8. The molecule has 0 saturated heterocycles. The van der Waals surface area contributed by atoms with Crippen LogP contribution < -0.4 is 10.1 Å². The number of phenolic OH excluding ortho intramolecular Hbond substituents is 1. The zero-order valence-corrected chi connectivity index (χ0v) is 9.82. The third kappa shape index (κ3) is 4.08. The van der Waals surface area contributed by atoms with Crippen LogP contribution in [-0.4, -0.2) is 32.5 Å². The summed E-state index contributed by atoms with van der Waals surface area (Å²) in [5, 5.41) is 12.9. The lowest BCUT2D eigenvalue weighted by Gasteiger charge is -2.08. The number of benzene rings is 1. The first-order chi connectivity index (χ1) is 7.77. The van der Waals surface area contributed by atoms with E-state index in [4.69, 9.17) is 9.47 Å². The number of methoxy groups -OCH3 is 2. The molecule has 1 rings (SSSR count). The predicted molar refractivity (Wildman–Crippen MR) is 62.9 cm³/mol. The van der Waals surface area contributed by atoms with Crippen LogP contribution >= 0.6 is 0 Å². The Morgan fingerprint density at radius 3 is 2.75 bits per heavy atom. The van der Waals surface area contributed by atoms with Crippen LogP contribution in [0.1, 0.15) is 12.0 Å². The molecule has 0 unspecified atom stereocenters. The molecule has 0 atom stereocenters. The summed E-state index contributed by atoms with van der Waals surface area (Å²) in [5.74, 6) is 0.930. The third-order valence-corrected chi connectivity index (χ3v) is 2.31. The highest BCUT2D eigenvalue weighted by molar-refractivity contribution is 5.39. The quantitative estimate of drug-likeness (QED) is 0.691. The maximum absolute atomic E-state index is 9.68. The van der Waals surface area contributed by atoms with Crippen molar-refractivity contribution in [1.82, 2.24) is 5.32 Å². The first-order valence-electron chi connectivity index (χ1n) is 5.33. The van der Waals surface area contributed by atoms with Gasteiger partial charge in [-0.05, 0) is 19.0 Å². The fourth-order valence-electron chi connectivity index (χ4n) is 1.38. The third-order valence-electron chi connectivity index (χ3n) is 2.31. The molecule has 0 saturated carbocycles. The van der Waals surface area contributed by atoms with Crippen LogP contribution in [0.15, 0.2) is 18.2 Å². The number of aromatic hydroxyl groups is 1. The lowest BCUT2D eigenvalue weighted by Crippen LogP contribution is -2.16. The number of hydrogen-bond acceptors (Lipinski definition) is 4. The van der Waals surface area contributed by atoms with Gasteiger partial charge in [-0.15, -0.1) is 0 Å². The summed E-state index contributed by atoms with van der Waals surface area (Å²) in [6.45, 7) is 2.28. The maximum atomic E-state index is 9.68. The van der Waals surface area contributed by atoms with Crippen molar-refractivity contribution in [3.8, 4) is 11.5 Å². The van der Waals surface area contributed by atoms with Gasteiger partial charge in [0.25, 0.3) is 0 Å². The largest absolute Gasteiger partial charge is 0.507 e. The van der Waals surface area contributed by atoms with Gasteiger partial charge >= 0.3 is 0 Å². The Labute approximate surface area is 96.2 Å². The predicted octanol–water partition coefficient (Wildman–Crippen LogP) is 1.53. The Morgan fingerprint density at radius 2 is 2.12 bits per heavy atom. The molecule has 0 aliphatic carbocycles. The van der Waals surface area contributed by atoms with Crippen molar-refractivity contribution in [3.63, 3.8) is 0 Å². The van der Waals surface area contributed by atoms with E-state index >= 15 is 0 Å². The standard InChI is InChI=1S/C12H19NO3/c1-15-7-3-6-13-9-10-4-5-11(16-2)8-12(10)14/h4-5,8,13-14H,3,6-7,9H2,1-2H3. The molecule has 1 aromatic carbocycles. The number of hydrogen-bond donors (Lipinski definition) is 2. The van der Waals surface area contributed by atoms with E-state index in [9.17, 15) is 5.11 Å². The molecule has 1 aromatic rings. The summed E-state index contributed by atoms with van der Waals surface area (Å²) in [6.07, 6.45) is 0.966. The average Bonchev–Trinajstić information content (AvgIpc) is 2.30. The summed E-state index contributed by atoms with van der Waals surface area (Å²) in [4.78, 5) is 0. The van der Waals surface area contributed by atoms with Crippen molar-refractivity contribution in [3.05, 3.63) is 23.8 Å². The molecule has 0 amide bonds. The second-order valence-electron chi connectivity index (χ2n) is 3.52. The fraction of sp³-hybridized carbons (Fsp3) is 0.500. The van der Waals surface area contributed by atoms with Gasteiger partial charge in [-0.2, -0.15) is 0 Å². The Balaban J connectivity index is 2.36. The van der Waals surface area contributed by atoms with Crippen LogP contribution in [0, 0.1) is 0 Å². The zero-order valence-electron chi connectivity index (χ0n) is 9.82. The molecule has 0 aromatic heterocycles. The van der Waals surface area contributed by atoms with Crippen molar-refractivity contribution >= 4 is 0 Å². The van der Waals surface area contributed by atoms with Crippen molar-refractivity contribution < 1.29 is 14.6 Å². The number of nitrogens with one attached hydrogen (secondary N) is 1. The number of phenols is 1. The van der Waals surface area contributed by atoms with Gasteiger partial charge in [-0.25, -0.2) is 0 Å². The Bertz CT molecular complexity index is 315. The molecule has 90 valence electrons. The second kappa shape index (κ2) is 7.09. The molecular weight excluding hydrogens is 206 g/mol. The van der Waals surface area contributed by atoms with Crippen molar-refractivity contribution in [2.24, 2.45) is 0 Å². The Morgan fingerprint density at radius 1 is 1.31 bits per heavy atom. The molecule has 2 N–H and O–H groups in total. The minimum Gasteiger partial charge on any atom is -0.507 e. The molecule has 16 heavy (non-hydrogen) atoms. The Hall–Kier alpha value is -1.26. The Kier molecular flexibility index (Phi) is 5.67. The average molecular weight is 225 g/mol. The highest BCUT2D eigenvalue weighted by Crippen LogP contribution is 2.22. The van der Waals surface area contributed by atoms with E-state index in [0.29, 0.717) is 12.3 Å². The molecule has 0 heterocycles. The fourth-order valence-corrected chi connectivity index (χ4v) is 1.38. The second-order valence-corrected chi connectivity index (χ2v) is 3.52. The number of ether oxygens (including phenoxy) is 2. The SMILES string of the molecule is COCCCNCc1ccc(OC)cc1O. The van der Waals surface area contributed by atoms with E-state index in [1.807, 2.05) is 12.1 Å². The van der Waals surface area contributed by atoms with E-state index in [0.717, 1.165) is 25.1 Å². The molecule has 0 bridgehead atoms. The van der Waals surface area contributed by atoms with Crippen LogP contribution in [0.3, 0.4) is 0 Å². The van der Waals surface area contributed by atoms with E-state index in [-0.39, 0.29) is 5.75 Å². The van der Waals surface area contributed by atoms with Crippen molar-refractivity contribution in [2.45, 2.75) is 13.0 Å². The molecule has 4 heteroatoms. The molecule has 0 aliphatic heterocycles. The van der Waals surface area contributed by atoms with Gasteiger partial charge < -0.3 is 19.9 Å². The van der Waals surface area contributed by atoms with E-state index in [1.165, 1.54) is 0 Å². The molecule has 4 nitrogen and oxygen atoms in total. The molecule has 0 fully saturated rings. The van der Waals surface area contributed by atoms with Crippen LogP contribution in [0.4, 0.5) is 0 Å². The first-order valence-corrected chi connectivity index (χ1v) is 5.33. The van der Waals surface area contributed by atoms with Gasteiger partial charge in [0, 0.05) is 31.9 Å². The van der Waals surface area contributed by atoms with E-state index in [2.05, 4.69) is 5.32 Å². The summed E-state index contributed by atoms with van der Waals surface area (Å²) >= 11 is 0. The van der Waals surface area contributed by atoms with E-state index < -0.39 is 0 Å². The van der Waals surface area contributed by atoms with Crippen LogP contribution in [0.2, 0.25) is 0 Å². The maximum Gasteiger partial charge on any atom is 0.123 e. The van der Waals surface area contributed by atoms with Crippen molar-refractivity contribution in [1.29, 1.82) is 0 Å². The van der Waals surface area contributed by atoms with Gasteiger partial charge in [0.15, 0.2) is 0 Å². The van der Waals surface area contributed by atoms with Crippen LogP contribution in [-0.2, 0) is 11.3 Å². The van der Waals surface area contributed by atoms with Gasteiger partial charge in [0.1, 0.15) is 11.5 Å². The minimum absolute atomic E-state index is 0.263. The smallest absolute Gasteiger partial charge is 0.123 e. The lowest BCUT2D eigenvalue weighted by molar-refractivity contribution is 0.194. The highest BCUT2D eigenvalue weighted by Gasteiger charge is 2.02. The lowest BCUT2D eigenvalue weighted by atomic mass is 10.2. The van der Waals surface area contributed by atoms with Crippen LogP contribution in [0.25, 0.3) is 0 Å². The molecule has 0 spiro atoms. The van der Waals surface area contributed by atoms with Gasteiger partial charge in [0.05, 0.1) is 7.11 Å². The van der Waals surface area contributed by atoms with Gasteiger partial charge in [-0.1, -0.05) is 6.07 Å². The topological polar surface area (TPSA) is 50.7 Å². The summed E-state index contributed by atoms with van der Waals surface area (Å²) in [6, 6.07) is 5.32. The van der Waals surface area contributed by atoms with Gasteiger partial charge in [-0.3, -0.25) is 0 Å². The summed E-state index contributed by atoms with van der Waals surface area (Å²) in [7, 11) is 3.27. The summed E-state index contributed by atoms with van der Waals surface area (Å²) < 4.78 is 9.95. The summed E-state index contributed by atoms with van der Waals surface area (Å²) in [5.41, 5.74) is 0.873. The van der Waals surface area contributed by atoms with Crippen LogP contribution in [0.5, 0.6) is 11.5 Å². The number of rotatable bonds is 7. The monoisotopic (exact) mass is 225 g/mol. The highest BCUT2D eigenvalue weighted by atomic mass is 16.5.